The molecule has 0 spiro atoms. The van der Waals surface area contributed by atoms with Crippen molar-refractivity contribution in [3.63, 3.8) is 0 Å². The van der Waals surface area contributed by atoms with Crippen LogP contribution in [0.2, 0.25) is 0 Å². The number of hydrogen-bond acceptors (Lipinski definition) is 2. The van der Waals surface area contributed by atoms with Crippen molar-refractivity contribution in [2.45, 2.75) is 58.0 Å². The van der Waals surface area contributed by atoms with Crippen molar-refractivity contribution in [2.75, 3.05) is 19.6 Å². The standard InChI is InChI=1S/C19H30N2/c1-4-14(2)19-13-21(15(3)9-10-20-19)12-17-11-16-7-5-6-8-18(16)17/h5-8,14-15,17,19-20H,4,9-13H2,1-3H3. The first kappa shape index (κ1) is 15.1. The van der Waals surface area contributed by atoms with E-state index in [2.05, 4.69) is 55.3 Å². The van der Waals surface area contributed by atoms with E-state index in [-0.39, 0.29) is 0 Å². The molecule has 1 aliphatic carbocycles. The van der Waals surface area contributed by atoms with Crippen LogP contribution in [0.1, 0.15) is 50.7 Å². The fourth-order valence-corrected chi connectivity index (χ4v) is 3.89. The summed E-state index contributed by atoms with van der Waals surface area (Å²) in [4.78, 5) is 2.75. The van der Waals surface area contributed by atoms with E-state index in [4.69, 9.17) is 0 Å². The molecule has 1 aliphatic heterocycles. The van der Waals surface area contributed by atoms with Crippen LogP contribution in [0.4, 0.5) is 0 Å². The van der Waals surface area contributed by atoms with Crippen molar-refractivity contribution < 1.29 is 0 Å². The quantitative estimate of drug-likeness (QED) is 0.912. The van der Waals surface area contributed by atoms with Gasteiger partial charge in [-0.15, -0.1) is 0 Å². The molecular weight excluding hydrogens is 256 g/mol. The second-order valence-corrected chi connectivity index (χ2v) is 7.14. The van der Waals surface area contributed by atoms with Gasteiger partial charge in [0.05, 0.1) is 0 Å². The fourth-order valence-electron chi connectivity index (χ4n) is 3.89. The lowest BCUT2D eigenvalue weighted by Crippen LogP contribution is -2.45. The van der Waals surface area contributed by atoms with E-state index in [1.807, 2.05) is 0 Å². The average molecular weight is 286 g/mol. The Morgan fingerprint density at radius 1 is 1.33 bits per heavy atom. The topological polar surface area (TPSA) is 15.3 Å². The van der Waals surface area contributed by atoms with E-state index in [0.29, 0.717) is 12.1 Å². The molecule has 0 amide bonds. The van der Waals surface area contributed by atoms with E-state index in [1.54, 1.807) is 11.1 Å². The van der Waals surface area contributed by atoms with Crippen LogP contribution >= 0.6 is 0 Å². The number of fused-ring (bicyclic) bond motifs is 1. The van der Waals surface area contributed by atoms with Crippen LogP contribution in [-0.2, 0) is 6.42 Å². The predicted molar refractivity (Wildman–Crippen MR) is 89.8 cm³/mol. The van der Waals surface area contributed by atoms with Crippen molar-refractivity contribution in [2.24, 2.45) is 5.92 Å². The maximum atomic E-state index is 3.78. The SMILES string of the molecule is CCC(C)C1CN(CC2Cc3ccccc32)C(C)CCN1. The van der Waals surface area contributed by atoms with Gasteiger partial charge in [0.1, 0.15) is 0 Å². The summed E-state index contributed by atoms with van der Waals surface area (Å²) in [6.07, 6.45) is 3.83. The first-order chi connectivity index (χ1) is 10.2. The Morgan fingerprint density at radius 3 is 2.90 bits per heavy atom. The number of nitrogens with one attached hydrogen (secondary N) is 1. The van der Waals surface area contributed by atoms with Gasteiger partial charge in [0.15, 0.2) is 0 Å². The van der Waals surface area contributed by atoms with Crippen LogP contribution in [0.25, 0.3) is 0 Å². The Balaban J connectivity index is 1.65. The van der Waals surface area contributed by atoms with Gasteiger partial charge in [-0.05, 0) is 43.4 Å². The van der Waals surface area contributed by atoms with Gasteiger partial charge in [0.25, 0.3) is 0 Å². The third-order valence-corrected chi connectivity index (χ3v) is 5.77. The summed E-state index contributed by atoms with van der Waals surface area (Å²) in [7, 11) is 0. The van der Waals surface area contributed by atoms with Crippen LogP contribution in [-0.4, -0.2) is 36.6 Å². The average Bonchev–Trinajstić information content (AvgIpc) is 2.66. The largest absolute Gasteiger partial charge is 0.312 e. The van der Waals surface area contributed by atoms with Gasteiger partial charge in [0, 0.05) is 31.1 Å². The van der Waals surface area contributed by atoms with Crippen molar-refractivity contribution in [1.29, 1.82) is 0 Å². The minimum Gasteiger partial charge on any atom is -0.312 e. The molecule has 3 rings (SSSR count). The summed E-state index contributed by atoms with van der Waals surface area (Å²) in [6, 6.07) is 10.4. The van der Waals surface area contributed by atoms with Gasteiger partial charge in [-0.1, -0.05) is 44.5 Å². The zero-order valence-corrected chi connectivity index (χ0v) is 13.8. The Labute approximate surface area is 129 Å². The van der Waals surface area contributed by atoms with Crippen LogP contribution in [0.5, 0.6) is 0 Å². The normalized spacial score (nSPS) is 31.1. The Hall–Kier alpha value is -0.860. The van der Waals surface area contributed by atoms with Crippen molar-refractivity contribution in [3.8, 4) is 0 Å². The Bertz CT molecular complexity index is 470. The van der Waals surface area contributed by atoms with Gasteiger partial charge in [-0.3, -0.25) is 4.90 Å². The molecule has 4 atom stereocenters. The molecule has 2 heteroatoms. The summed E-state index contributed by atoms with van der Waals surface area (Å²) < 4.78 is 0. The molecule has 1 aromatic rings. The highest BCUT2D eigenvalue weighted by atomic mass is 15.2. The summed E-state index contributed by atoms with van der Waals surface area (Å²) >= 11 is 0. The number of benzene rings is 1. The third-order valence-electron chi connectivity index (χ3n) is 5.77. The molecule has 1 aromatic carbocycles. The summed E-state index contributed by atoms with van der Waals surface area (Å²) in [5.74, 6) is 1.53. The van der Waals surface area contributed by atoms with E-state index < -0.39 is 0 Å². The highest BCUT2D eigenvalue weighted by Gasteiger charge is 2.31. The maximum absolute atomic E-state index is 3.78. The smallest absolute Gasteiger partial charge is 0.0220 e. The molecule has 1 heterocycles. The fraction of sp³-hybridized carbons (Fsp3) is 0.684. The van der Waals surface area contributed by atoms with Gasteiger partial charge < -0.3 is 5.32 Å². The van der Waals surface area contributed by atoms with Crippen molar-refractivity contribution in [1.82, 2.24) is 10.2 Å². The maximum Gasteiger partial charge on any atom is 0.0220 e. The molecule has 0 aromatic heterocycles. The van der Waals surface area contributed by atoms with E-state index in [0.717, 1.165) is 11.8 Å². The first-order valence-electron chi connectivity index (χ1n) is 8.74. The molecule has 2 nitrogen and oxygen atoms in total. The third kappa shape index (κ3) is 3.17. The van der Waals surface area contributed by atoms with Gasteiger partial charge in [-0.2, -0.15) is 0 Å². The molecule has 21 heavy (non-hydrogen) atoms. The van der Waals surface area contributed by atoms with Gasteiger partial charge in [0.2, 0.25) is 0 Å². The number of nitrogens with zero attached hydrogens (tertiary/aromatic N) is 1. The number of hydrogen-bond donors (Lipinski definition) is 1. The monoisotopic (exact) mass is 286 g/mol. The summed E-state index contributed by atoms with van der Waals surface area (Å²) in [6.45, 7) is 10.7. The molecule has 116 valence electrons. The highest BCUT2D eigenvalue weighted by molar-refractivity contribution is 5.40. The molecule has 1 saturated heterocycles. The first-order valence-corrected chi connectivity index (χ1v) is 8.74. The minimum atomic E-state index is 0.662. The predicted octanol–water partition coefficient (Wildman–Crippen LogP) is 3.42. The molecule has 1 N–H and O–H groups in total. The highest BCUT2D eigenvalue weighted by Crippen LogP contribution is 2.36. The van der Waals surface area contributed by atoms with E-state index >= 15 is 0 Å². The molecule has 4 unspecified atom stereocenters. The number of rotatable bonds is 4. The van der Waals surface area contributed by atoms with Gasteiger partial charge >= 0.3 is 0 Å². The van der Waals surface area contributed by atoms with E-state index in [9.17, 15) is 0 Å². The van der Waals surface area contributed by atoms with Crippen LogP contribution in [0.3, 0.4) is 0 Å². The molecule has 0 saturated carbocycles. The van der Waals surface area contributed by atoms with Crippen molar-refractivity contribution in [3.05, 3.63) is 35.4 Å². The molecule has 0 radical (unpaired) electrons. The van der Waals surface area contributed by atoms with Crippen LogP contribution in [0, 0.1) is 5.92 Å². The summed E-state index contributed by atoms with van der Waals surface area (Å²) in [5.41, 5.74) is 3.17. The Kier molecular flexibility index (Phi) is 4.66. The molecule has 2 aliphatic rings. The molecular formula is C19H30N2. The zero-order valence-electron chi connectivity index (χ0n) is 13.8. The summed E-state index contributed by atoms with van der Waals surface area (Å²) in [5, 5.41) is 3.78. The molecule has 0 bridgehead atoms. The minimum absolute atomic E-state index is 0.662. The Morgan fingerprint density at radius 2 is 2.14 bits per heavy atom. The van der Waals surface area contributed by atoms with Gasteiger partial charge in [-0.25, -0.2) is 0 Å². The van der Waals surface area contributed by atoms with Crippen molar-refractivity contribution >= 4 is 0 Å². The lowest BCUT2D eigenvalue weighted by molar-refractivity contribution is 0.172. The zero-order chi connectivity index (χ0) is 14.8. The second kappa shape index (κ2) is 6.50. The lowest BCUT2D eigenvalue weighted by atomic mass is 9.77. The van der Waals surface area contributed by atoms with Crippen LogP contribution < -0.4 is 5.32 Å². The van der Waals surface area contributed by atoms with Crippen LogP contribution in [0.15, 0.2) is 24.3 Å². The van der Waals surface area contributed by atoms with E-state index in [1.165, 1.54) is 38.9 Å². The lowest BCUT2D eigenvalue weighted by Gasteiger charge is -2.38. The second-order valence-electron chi connectivity index (χ2n) is 7.14. The molecule has 1 fully saturated rings.